The van der Waals surface area contributed by atoms with Gasteiger partial charge in [-0.25, -0.2) is 4.98 Å². The van der Waals surface area contributed by atoms with Crippen molar-refractivity contribution < 1.29 is 4.39 Å². The van der Waals surface area contributed by atoms with Crippen molar-refractivity contribution in [1.82, 2.24) is 9.88 Å². The van der Waals surface area contributed by atoms with Crippen LogP contribution in [-0.4, -0.2) is 23.0 Å². The van der Waals surface area contributed by atoms with E-state index in [2.05, 4.69) is 35.2 Å². The first kappa shape index (κ1) is 14.3. The predicted octanol–water partition coefficient (Wildman–Crippen LogP) is 3.93. The van der Waals surface area contributed by atoms with Gasteiger partial charge in [-0.3, -0.25) is 0 Å². The summed E-state index contributed by atoms with van der Waals surface area (Å²) in [6.07, 6.45) is 7.76. The SMILES string of the molecule is CCCN(CCC)C1=C=C=C(c2ccc(F)nc2)C=C1. The van der Waals surface area contributed by atoms with Gasteiger partial charge in [-0.15, -0.1) is 0 Å². The lowest BCUT2D eigenvalue weighted by molar-refractivity contribution is 0.355. The Balaban J connectivity index is 2.28. The minimum absolute atomic E-state index is 0.466. The Morgan fingerprint density at radius 3 is 2.35 bits per heavy atom. The second kappa shape index (κ2) is 6.91. The van der Waals surface area contributed by atoms with E-state index in [1.54, 1.807) is 6.07 Å². The molecule has 0 saturated carbocycles. The molecule has 0 spiro atoms. The summed E-state index contributed by atoms with van der Waals surface area (Å²) in [4.78, 5) is 5.97. The summed E-state index contributed by atoms with van der Waals surface area (Å²) >= 11 is 0. The molecular formula is C17H19FN2. The van der Waals surface area contributed by atoms with E-state index in [0.29, 0.717) is 0 Å². The molecule has 0 bridgehead atoms. The molecule has 0 atom stereocenters. The Morgan fingerprint density at radius 1 is 1.10 bits per heavy atom. The van der Waals surface area contributed by atoms with Crippen molar-refractivity contribution in [3.8, 4) is 0 Å². The molecule has 0 amide bonds. The van der Waals surface area contributed by atoms with Gasteiger partial charge in [-0.2, -0.15) is 4.39 Å². The highest BCUT2D eigenvalue weighted by Gasteiger charge is 2.07. The van der Waals surface area contributed by atoms with Gasteiger partial charge in [0.15, 0.2) is 0 Å². The van der Waals surface area contributed by atoms with E-state index in [-0.39, 0.29) is 0 Å². The minimum atomic E-state index is -0.466. The standard InChI is InChI=1S/C17H19FN2/c1-3-11-20(12-4-2)16-8-5-14(6-9-16)15-7-10-17(18)19-13-15/h5,7-8,10,13H,3-4,11-12H2,1-2H3. The van der Waals surface area contributed by atoms with Crippen LogP contribution in [0.5, 0.6) is 0 Å². The Labute approximate surface area is 119 Å². The Hall–Kier alpha value is -2.08. The van der Waals surface area contributed by atoms with E-state index < -0.39 is 5.95 Å². The van der Waals surface area contributed by atoms with Crippen LogP contribution in [0.15, 0.2) is 47.6 Å². The van der Waals surface area contributed by atoms with Crippen molar-refractivity contribution in [2.24, 2.45) is 0 Å². The third kappa shape index (κ3) is 3.48. The molecule has 1 heterocycles. The molecule has 1 aromatic heterocycles. The third-order valence-corrected chi connectivity index (χ3v) is 3.10. The van der Waals surface area contributed by atoms with Crippen LogP contribution in [0.25, 0.3) is 5.57 Å². The van der Waals surface area contributed by atoms with Crippen LogP contribution in [0.1, 0.15) is 32.3 Å². The normalized spacial score (nSPS) is 13.2. The zero-order chi connectivity index (χ0) is 14.4. The van der Waals surface area contributed by atoms with Gasteiger partial charge >= 0.3 is 0 Å². The van der Waals surface area contributed by atoms with Crippen molar-refractivity contribution >= 4 is 5.57 Å². The van der Waals surface area contributed by atoms with Gasteiger partial charge in [-0.1, -0.05) is 19.6 Å². The van der Waals surface area contributed by atoms with Gasteiger partial charge in [-0.05, 0) is 42.9 Å². The van der Waals surface area contributed by atoms with Gasteiger partial charge in [0.25, 0.3) is 0 Å². The summed E-state index contributed by atoms with van der Waals surface area (Å²) in [5, 5.41) is 0. The number of hydrogen-bond acceptors (Lipinski definition) is 2. The van der Waals surface area contributed by atoms with Crippen LogP contribution < -0.4 is 0 Å². The van der Waals surface area contributed by atoms with Crippen molar-refractivity contribution in [1.29, 1.82) is 0 Å². The molecule has 20 heavy (non-hydrogen) atoms. The van der Waals surface area contributed by atoms with Gasteiger partial charge in [0.2, 0.25) is 5.95 Å². The van der Waals surface area contributed by atoms with Gasteiger partial charge in [0.1, 0.15) is 0 Å². The number of aromatic nitrogens is 1. The van der Waals surface area contributed by atoms with E-state index in [1.165, 1.54) is 12.3 Å². The van der Waals surface area contributed by atoms with Crippen LogP contribution in [0, 0.1) is 5.95 Å². The zero-order valence-corrected chi connectivity index (χ0v) is 12.0. The lowest BCUT2D eigenvalue weighted by Crippen LogP contribution is -2.23. The third-order valence-electron chi connectivity index (χ3n) is 3.10. The number of halogens is 1. The largest absolute Gasteiger partial charge is 0.365 e. The number of rotatable bonds is 6. The molecule has 0 N–H and O–H groups in total. The maximum absolute atomic E-state index is 12.8. The first-order valence-electron chi connectivity index (χ1n) is 7.05. The van der Waals surface area contributed by atoms with Crippen molar-refractivity contribution in [2.45, 2.75) is 26.7 Å². The Morgan fingerprint density at radius 2 is 1.85 bits per heavy atom. The average molecular weight is 270 g/mol. The molecule has 0 unspecified atom stereocenters. The molecule has 1 aliphatic rings. The maximum atomic E-state index is 12.8. The summed E-state index contributed by atoms with van der Waals surface area (Å²) in [6.45, 7) is 6.39. The van der Waals surface area contributed by atoms with Crippen LogP contribution in [0.4, 0.5) is 4.39 Å². The monoisotopic (exact) mass is 270 g/mol. The molecule has 104 valence electrons. The molecule has 1 aromatic rings. The summed E-state index contributed by atoms with van der Waals surface area (Å²) in [5.74, 6) is -0.466. The molecular weight excluding hydrogens is 251 g/mol. The Kier molecular flexibility index (Phi) is 4.95. The second-order valence-electron chi connectivity index (χ2n) is 4.74. The fourth-order valence-corrected chi connectivity index (χ4v) is 2.16. The summed E-state index contributed by atoms with van der Waals surface area (Å²) in [6, 6.07) is 3.06. The number of pyridine rings is 1. The number of hydrogen-bond donors (Lipinski definition) is 0. The van der Waals surface area contributed by atoms with Crippen molar-refractivity contribution in [3.05, 3.63) is 59.2 Å². The highest BCUT2D eigenvalue weighted by atomic mass is 19.1. The minimum Gasteiger partial charge on any atom is -0.365 e. The molecule has 0 aliphatic heterocycles. The predicted molar refractivity (Wildman–Crippen MR) is 79.4 cm³/mol. The van der Waals surface area contributed by atoms with Crippen LogP contribution in [0.3, 0.4) is 0 Å². The molecule has 0 radical (unpaired) electrons. The average Bonchev–Trinajstić information content (AvgIpc) is 2.48. The lowest BCUT2D eigenvalue weighted by Gasteiger charge is -2.23. The van der Waals surface area contributed by atoms with Gasteiger partial charge < -0.3 is 4.90 Å². The first-order chi connectivity index (χ1) is 9.74. The zero-order valence-electron chi connectivity index (χ0n) is 12.0. The summed E-state index contributed by atoms with van der Waals surface area (Å²) < 4.78 is 12.8. The van der Waals surface area contributed by atoms with Gasteiger partial charge in [0.05, 0.1) is 5.70 Å². The number of allylic oxidation sites excluding steroid dienone is 3. The number of nitrogens with zero attached hydrogens (tertiary/aromatic N) is 2. The Bertz CT molecular complexity index is 580. The molecule has 2 nitrogen and oxygen atoms in total. The summed E-state index contributed by atoms with van der Waals surface area (Å²) in [5.41, 5.74) is 9.14. The highest BCUT2D eigenvalue weighted by Crippen LogP contribution is 2.19. The van der Waals surface area contributed by atoms with E-state index in [0.717, 1.165) is 42.8 Å². The molecule has 2 rings (SSSR count). The van der Waals surface area contributed by atoms with Crippen molar-refractivity contribution in [3.63, 3.8) is 0 Å². The van der Waals surface area contributed by atoms with Crippen LogP contribution in [0.2, 0.25) is 0 Å². The molecule has 1 aliphatic carbocycles. The highest BCUT2D eigenvalue weighted by molar-refractivity contribution is 5.74. The smallest absolute Gasteiger partial charge is 0.212 e. The summed E-state index contributed by atoms with van der Waals surface area (Å²) in [7, 11) is 0. The van der Waals surface area contributed by atoms with E-state index in [1.807, 2.05) is 12.2 Å². The van der Waals surface area contributed by atoms with E-state index >= 15 is 0 Å². The molecule has 0 aromatic carbocycles. The van der Waals surface area contributed by atoms with Crippen molar-refractivity contribution in [2.75, 3.05) is 13.1 Å². The first-order valence-corrected chi connectivity index (χ1v) is 7.05. The quantitative estimate of drug-likeness (QED) is 0.575. The molecule has 0 fully saturated rings. The van der Waals surface area contributed by atoms with Crippen LogP contribution in [-0.2, 0) is 0 Å². The fourth-order valence-electron chi connectivity index (χ4n) is 2.16. The van der Waals surface area contributed by atoms with E-state index in [4.69, 9.17) is 0 Å². The fraction of sp³-hybridized carbons (Fsp3) is 0.353. The lowest BCUT2D eigenvalue weighted by atomic mass is 10.1. The van der Waals surface area contributed by atoms with Gasteiger partial charge in [0, 0.05) is 30.4 Å². The van der Waals surface area contributed by atoms with Crippen LogP contribution >= 0.6 is 0 Å². The maximum Gasteiger partial charge on any atom is 0.212 e. The second-order valence-corrected chi connectivity index (χ2v) is 4.74. The molecule has 0 saturated heterocycles. The van der Waals surface area contributed by atoms with E-state index in [9.17, 15) is 4.39 Å². The molecule has 3 heteroatoms. The topological polar surface area (TPSA) is 16.1 Å².